The predicted molar refractivity (Wildman–Crippen MR) is 132 cm³/mol. The van der Waals surface area contributed by atoms with Crippen molar-refractivity contribution in [1.82, 2.24) is 0 Å². The molecule has 8 atom stereocenters. The number of hydrogen-bond acceptors (Lipinski definition) is 6. The smallest absolute Gasteiger partial charge is 0.311 e. The van der Waals surface area contributed by atoms with Gasteiger partial charge in [-0.25, -0.2) is 0 Å². The van der Waals surface area contributed by atoms with Crippen LogP contribution in [-0.4, -0.2) is 39.3 Å². The second-order valence-electron chi connectivity index (χ2n) is 12.3. The lowest BCUT2D eigenvalue weighted by atomic mass is 9.35. The second-order valence-corrected chi connectivity index (χ2v) is 14.0. The van der Waals surface area contributed by atoms with Crippen molar-refractivity contribution in [3.63, 3.8) is 0 Å². The van der Waals surface area contributed by atoms with E-state index in [1.807, 2.05) is 6.92 Å². The Morgan fingerprint density at radius 1 is 1.06 bits per heavy atom. The van der Waals surface area contributed by atoms with E-state index in [2.05, 4.69) is 13.8 Å². The molecule has 5 fully saturated rings. The molecule has 6 rings (SSSR count). The Labute approximate surface area is 209 Å². The molecule has 1 spiro atoms. The molecule has 6 nitrogen and oxygen atoms in total. The van der Waals surface area contributed by atoms with Gasteiger partial charge in [0.25, 0.3) is 10.1 Å². The van der Waals surface area contributed by atoms with E-state index in [0.29, 0.717) is 5.92 Å². The van der Waals surface area contributed by atoms with Crippen LogP contribution in [0.2, 0.25) is 0 Å². The average Bonchev–Trinajstić information content (AvgIpc) is 2.83. The second kappa shape index (κ2) is 8.56. The van der Waals surface area contributed by atoms with Gasteiger partial charge in [-0.1, -0.05) is 31.0 Å². The summed E-state index contributed by atoms with van der Waals surface area (Å²) in [6.45, 7) is 6.38. The van der Waals surface area contributed by atoms with E-state index in [4.69, 9.17) is 8.92 Å². The van der Waals surface area contributed by atoms with E-state index in [1.54, 1.807) is 24.3 Å². The fourth-order valence-corrected chi connectivity index (χ4v) is 10.1. The molecule has 194 valence electrons. The van der Waals surface area contributed by atoms with E-state index < -0.39 is 21.6 Å². The van der Waals surface area contributed by atoms with Gasteiger partial charge in [-0.3, -0.25) is 8.98 Å². The van der Waals surface area contributed by atoms with Crippen LogP contribution in [0, 0.1) is 46.8 Å². The number of methoxy groups -OCH3 is 1. The average molecular weight is 505 g/mol. The molecule has 0 unspecified atom stereocenters. The number of carbonyl (C=O) groups excluding carboxylic acids is 1. The third-order valence-corrected chi connectivity index (χ3v) is 12.2. The van der Waals surface area contributed by atoms with Crippen molar-refractivity contribution in [3.05, 3.63) is 29.8 Å². The number of carbonyl (C=O) groups is 1. The molecule has 0 saturated heterocycles. The SMILES string of the molecule is COC(=O)[C@]1(C)CCC[C@@]2(C)[C@@H]3C[C@@H]4CC[C@@]3(CC[C@@H]21)[C@H](O)[C@@H]4COS(=O)(=O)c1ccc(C)cc1. The predicted octanol–water partition coefficient (Wildman–Crippen LogP) is 4.87. The Morgan fingerprint density at radius 2 is 1.74 bits per heavy atom. The van der Waals surface area contributed by atoms with Gasteiger partial charge in [0.05, 0.1) is 30.1 Å². The van der Waals surface area contributed by atoms with Gasteiger partial charge in [-0.2, -0.15) is 8.42 Å². The molecular formula is C28H40O6S. The Kier molecular flexibility index (Phi) is 6.17. The zero-order valence-corrected chi connectivity index (χ0v) is 22.3. The zero-order valence-electron chi connectivity index (χ0n) is 21.5. The first kappa shape index (κ1) is 25.2. The van der Waals surface area contributed by atoms with Crippen molar-refractivity contribution in [2.45, 2.75) is 83.1 Å². The Bertz CT molecular complexity index is 1080. The van der Waals surface area contributed by atoms with Crippen molar-refractivity contribution in [3.8, 4) is 0 Å². The van der Waals surface area contributed by atoms with Crippen LogP contribution >= 0.6 is 0 Å². The Morgan fingerprint density at radius 3 is 2.43 bits per heavy atom. The van der Waals surface area contributed by atoms with Crippen molar-refractivity contribution in [2.75, 3.05) is 13.7 Å². The largest absolute Gasteiger partial charge is 0.469 e. The highest BCUT2D eigenvalue weighted by Gasteiger charge is 2.68. The van der Waals surface area contributed by atoms with Crippen molar-refractivity contribution >= 4 is 16.1 Å². The van der Waals surface area contributed by atoms with Gasteiger partial charge in [0.1, 0.15) is 0 Å². The third kappa shape index (κ3) is 3.71. The van der Waals surface area contributed by atoms with Crippen LogP contribution in [0.5, 0.6) is 0 Å². The summed E-state index contributed by atoms with van der Waals surface area (Å²) < 4.78 is 36.5. The standard InChI is InChI=1S/C28H40O6S/c1-18-6-8-20(9-7-18)35(31,32)34-17-21-19-10-14-28(24(21)29)15-11-22-26(2,23(28)16-19)12-5-13-27(22,3)25(30)33-4/h6-9,19,21-24,29H,5,10-17H2,1-4H3/t19-,21+,22-,23-,24+,26+,27+,28-/m0/s1. The van der Waals surface area contributed by atoms with Crippen LogP contribution in [-0.2, 0) is 23.8 Å². The number of fused-ring (bicyclic) bond motifs is 3. The van der Waals surface area contributed by atoms with Gasteiger partial charge in [-0.05, 0) is 94.1 Å². The van der Waals surface area contributed by atoms with Crippen LogP contribution in [0.3, 0.4) is 0 Å². The summed E-state index contributed by atoms with van der Waals surface area (Å²) in [6.07, 6.45) is 7.06. The fourth-order valence-electron chi connectivity index (χ4n) is 9.12. The minimum atomic E-state index is -3.87. The molecule has 1 N–H and O–H groups in total. The molecular weight excluding hydrogens is 464 g/mol. The number of aliphatic hydroxyl groups excluding tert-OH is 1. The van der Waals surface area contributed by atoms with E-state index in [9.17, 15) is 18.3 Å². The summed E-state index contributed by atoms with van der Waals surface area (Å²) in [5.74, 6) is 0.521. The van der Waals surface area contributed by atoms with Gasteiger partial charge in [-0.15, -0.1) is 0 Å². The van der Waals surface area contributed by atoms with Crippen LogP contribution in [0.25, 0.3) is 0 Å². The van der Waals surface area contributed by atoms with Crippen LogP contribution < -0.4 is 0 Å². The minimum Gasteiger partial charge on any atom is -0.469 e. The van der Waals surface area contributed by atoms with E-state index in [0.717, 1.165) is 56.9 Å². The van der Waals surface area contributed by atoms with Crippen LogP contribution in [0.15, 0.2) is 29.2 Å². The fraction of sp³-hybridized carbons (Fsp3) is 0.750. The van der Waals surface area contributed by atoms with Crippen molar-refractivity contribution < 1.29 is 27.2 Å². The van der Waals surface area contributed by atoms with Crippen LogP contribution in [0.4, 0.5) is 0 Å². The Balaban J connectivity index is 1.38. The summed E-state index contributed by atoms with van der Waals surface area (Å²) >= 11 is 0. The monoisotopic (exact) mass is 504 g/mol. The molecule has 5 aliphatic carbocycles. The van der Waals surface area contributed by atoms with E-state index >= 15 is 0 Å². The molecule has 35 heavy (non-hydrogen) atoms. The molecule has 0 aliphatic heterocycles. The normalized spacial score (nSPS) is 42.7. The molecule has 0 aromatic heterocycles. The van der Waals surface area contributed by atoms with E-state index in [-0.39, 0.29) is 46.1 Å². The highest BCUT2D eigenvalue weighted by atomic mass is 32.2. The number of aryl methyl sites for hydroxylation is 1. The quantitative estimate of drug-likeness (QED) is 0.454. The van der Waals surface area contributed by atoms with E-state index in [1.165, 1.54) is 7.11 Å². The zero-order chi connectivity index (χ0) is 25.2. The minimum absolute atomic E-state index is 0.0243. The summed E-state index contributed by atoms with van der Waals surface area (Å²) in [5, 5.41) is 11.8. The number of hydrogen-bond donors (Lipinski definition) is 1. The van der Waals surface area contributed by atoms with Gasteiger partial charge >= 0.3 is 5.97 Å². The highest BCUT2D eigenvalue weighted by Crippen LogP contribution is 2.72. The van der Waals surface area contributed by atoms with Crippen LogP contribution in [0.1, 0.15) is 70.8 Å². The first-order chi connectivity index (χ1) is 16.5. The van der Waals surface area contributed by atoms with Gasteiger partial charge in [0, 0.05) is 11.3 Å². The van der Waals surface area contributed by atoms with Gasteiger partial charge in [0.2, 0.25) is 0 Å². The summed E-state index contributed by atoms with van der Waals surface area (Å²) in [5.41, 5.74) is 0.258. The summed E-state index contributed by atoms with van der Waals surface area (Å²) in [4.78, 5) is 13.0. The summed E-state index contributed by atoms with van der Waals surface area (Å²) in [7, 11) is -2.38. The lowest BCUT2D eigenvalue weighted by Crippen LogP contribution is -2.67. The number of aliphatic hydroxyl groups is 1. The lowest BCUT2D eigenvalue weighted by molar-refractivity contribution is -0.247. The van der Waals surface area contributed by atoms with Gasteiger partial charge in [0.15, 0.2) is 0 Å². The Hall–Kier alpha value is -1.44. The molecule has 5 saturated carbocycles. The maximum absolute atomic E-state index is 12.9. The number of rotatable bonds is 5. The molecule has 0 radical (unpaired) electrons. The number of ether oxygens (including phenoxy) is 1. The lowest BCUT2D eigenvalue weighted by Gasteiger charge is -2.69. The molecule has 1 aromatic carbocycles. The van der Waals surface area contributed by atoms with Crippen molar-refractivity contribution in [2.24, 2.45) is 39.9 Å². The number of benzene rings is 1. The maximum atomic E-state index is 12.9. The first-order valence-electron chi connectivity index (χ1n) is 13.2. The molecule has 0 heterocycles. The third-order valence-electron chi connectivity index (χ3n) is 10.9. The molecule has 2 bridgehead atoms. The molecule has 0 amide bonds. The topological polar surface area (TPSA) is 89.9 Å². The van der Waals surface area contributed by atoms with Crippen molar-refractivity contribution in [1.29, 1.82) is 0 Å². The maximum Gasteiger partial charge on any atom is 0.311 e. The number of esters is 1. The molecule has 7 heteroatoms. The molecule has 1 aromatic rings. The highest BCUT2D eigenvalue weighted by molar-refractivity contribution is 7.86. The van der Waals surface area contributed by atoms with Gasteiger partial charge < -0.3 is 9.84 Å². The summed E-state index contributed by atoms with van der Waals surface area (Å²) in [6, 6.07) is 6.68. The first-order valence-corrected chi connectivity index (χ1v) is 14.6. The molecule has 5 aliphatic rings.